The van der Waals surface area contributed by atoms with Crippen molar-refractivity contribution in [3.8, 4) is 0 Å². The molecule has 28 heavy (non-hydrogen) atoms. The molecule has 0 bridgehead atoms. The van der Waals surface area contributed by atoms with Crippen LogP contribution in [0.25, 0.3) is 0 Å². The molecule has 1 atom stereocenters. The van der Waals surface area contributed by atoms with Crippen LogP contribution >= 0.6 is 11.6 Å². The summed E-state index contributed by atoms with van der Waals surface area (Å²) in [6.45, 7) is 7.13. The van der Waals surface area contributed by atoms with Gasteiger partial charge in [-0.1, -0.05) is 24.6 Å². The second-order valence-corrected chi connectivity index (χ2v) is 9.42. The van der Waals surface area contributed by atoms with Crippen LogP contribution in [0.1, 0.15) is 37.7 Å². The number of nitrogens with two attached hydrogens (primary N) is 1. The Bertz CT molecular complexity index is 1030. The molecule has 11 heteroatoms. The van der Waals surface area contributed by atoms with Gasteiger partial charge in [-0.3, -0.25) is 4.79 Å². The molecule has 1 saturated heterocycles. The minimum Gasteiger partial charge on any atom is -0.384 e. The molecule has 3 heterocycles. The quantitative estimate of drug-likeness (QED) is 0.760. The van der Waals surface area contributed by atoms with Crippen molar-refractivity contribution in [3.63, 3.8) is 0 Å². The predicted octanol–water partition coefficient (Wildman–Crippen LogP) is 1.85. The van der Waals surface area contributed by atoms with E-state index in [0.717, 1.165) is 13.0 Å². The molecule has 1 fully saturated rings. The Balaban J connectivity index is 1.83. The highest BCUT2D eigenvalue weighted by molar-refractivity contribution is 7.90. The van der Waals surface area contributed by atoms with E-state index in [1.165, 1.54) is 24.4 Å². The third kappa shape index (κ3) is 4.02. The average Bonchev–Trinajstić information content (AvgIpc) is 2.86. The lowest BCUT2D eigenvalue weighted by Crippen LogP contribution is -2.39. The van der Waals surface area contributed by atoms with Crippen molar-refractivity contribution in [2.75, 3.05) is 17.2 Å². The van der Waals surface area contributed by atoms with Crippen LogP contribution < -0.4 is 15.4 Å². The van der Waals surface area contributed by atoms with Crippen LogP contribution in [0.3, 0.4) is 0 Å². The first-order chi connectivity index (χ1) is 13.0. The van der Waals surface area contributed by atoms with E-state index in [9.17, 15) is 13.2 Å². The lowest BCUT2D eigenvalue weighted by Gasteiger charge is -2.32. The normalized spacial score (nSPS) is 18.9. The number of hydrogen-bond donors (Lipinski definition) is 2. The summed E-state index contributed by atoms with van der Waals surface area (Å²) in [5.74, 6) is 0.0352. The second kappa shape index (κ2) is 7.17. The molecular weight excluding hydrogens is 404 g/mol. The third-order valence-electron chi connectivity index (χ3n) is 4.53. The highest BCUT2D eigenvalue weighted by Gasteiger charge is 2.37. The Hall–Kier alpha value is -2.46. The minimum atomic E-state index is -4.23. The molecule has 1 aliphatic rings. The van der Waals surface area contributed by atoms with Crippen molar-refractivity contribution in [3.05, 3.63) is 35.2 Å². The molecule has 9 nitrogen and oxygen atoms in total. The van der Waals surface area contributed by atoms with Crippen LogP contribution in [0.5, 0.6) is 0 Å². The third-order valence-corrected chi connectivity index (χ3v) is 6.02. The van der Waals surface area contributed by atoms with Gasteiger partial charge in [0.2, 0.25) is 0 Å². The summed E-state index contributed by atoms with van der Waals surface area (Å²) in [7, 11) is -4.23. The summed E-state index contributed by atoms with van der Waals surface area (Å²) in [6, 6.07) is 4.07. The van der Waals surface area contributed by atoms with Gasteiger partial charge in [-0.25, -0.2) is 19.7 Å². The second-order valence-electron chi connectivity index (χ2n) is 7.44. The lowest BCUT2D eigenvalue weighted by atomic mass is 9.98. The molecule has 2 aromatic heterocycles. The maximum absolute atomic E-state index is 12.4. The predicted molar refractivity (Wildman–Crippen MR) is 106 cm³/mol. The van der Waals surface area contributed by atoms with Gasteiger partial charge in [0.25, 0.3) is 15.9 Å². The highest BCUT2D eigenvalue weighted by atomic mass is 35.5. The largest absolute Gasteiger partial charge is 0.384 e. The fourth-order valence-electron chi connectivity index (χ4n) is 3.43. The number of nitrogens with zero attached hydrogens (tertiary/aromatic N) is 4. The Morgan fingerprint density at radius 1 is 1.36 bits per heavy atom. The zero-order valence-electron chi connectivity index (χ0n) is 15.7. The number of sulfonamides is 1. The SMILES string of the molecule is C[C@@H]1CN(c2cnc(C(=O)NS(=O)(=O)c3cccc(N)n3)c(Cl)n2)C(C)(C)C1. The molecular formula is C17H21ClN6O3S. The van der Waals surface area contributed by atoms with Crippen molar-refractivity contribution in [2.24, 2.45) is 5.92 Å². The monoisotopic (exact) mass is 424 g/mol. The van der Waals surface area contributed by atoms with Gasteiger partial charge in [0.15, 0.2) is 15.9 Å². The van der Waals surface area contributed by atoms with Crippen molar-refractivity contribution < 1.29 is 13.2 Å². The summed E-state index contributed by atoms with van der Waals surface area (Å²) < 4.78 is 26.5. The van der Waals surface area contributed by atoms with Crippen molar-refractivity contribution in [1.29, 1.82) is 0 Å². The van der Waals surface area contributed by atoms with Gasteiger partial charge in [0.05, 0.1) is 6.20 Å². The average molecular weight is 425 g/mol. The maximum Gasteiger partial charge on any atom is 0.286 e. The van der Waals surface area contributed by atoms with E-state index >= 15 is 0 Å². The van der Waals surface area contributed by atoms with Crippen LogP contribution in [-0.4, -0.2) is 41.4 Å². The zero-order chi connectivity index (χ0) is 20.7. The number of halogens is 1. The Labute approximate surface area is 168 Å². The molecule has 0 unspecified atom stereocenters. The standard InChI is InChI=1S/C17H21ClN6O3S/c1-10-7-17(2,3)24(9-10)12-8-20-14(15(18)22-12)16(25)23-28(26,27)13-6-4-5-11(19)21-13/h4-6,8,10H,7,9H2,1-3H3,(H2,19,21)(H,23,25)/t10-/m0/s1. The molecule has 1 aliphatic heterocycles. The zero-order valence-corrected chi connectivity index (χ0v) is 17.3. The molecule has 0 aliphatic carbocycles. The summed E-state index contributed by atoms with van der Waals surface area (Å²) in [4.78, 5) is 26.5. The van der Waals surface area contributed by atoms with Gasteiger partial charge in [-0.15, -0.1) is 0 Å². The topological polar surface area (TPSA) is 131 Å². The molecule has 0 radical (unpaired) electrons. The van der Waals surface area contributed by atoms with Gasteiger partial charge >= 0.3 is 0 Å². The van der Waals surface area contributed by atoms with E-state index in [1.807, 2.05) is 4.72 Å². The van der Waals surface area contributed by atoms with E-state index in [0.29, 0.717) is 11.7 Å². The fraction of sp³-hybridized carbons (Fsp3) is 0.412. The van der Waals surface area contributed by atoms with E-state index in [1.54, 1.807) is 0 Å². The van der Waals surface area contributed by atoms with Gasteiger partial charge in [-0.2, -0.15) is 8.42 Å². The van der Waals surface area contributed by atoms with Gasteiger partial charge < -0.3 is 10.6 Å². The van der Waals surface area contributed by atoms with Crippen LogP contribution in [0, 0.1) is 5.92 Å². The molecule has 0 saturated carbocycles. The number of amides is 1. The molecule has 2 aromatic rings. The Morgan fingerprint density at radius 3 is 2.64 bits per heavy atom. The number of nitrogens with one attached hydrogen (secondary N) is 1. The number of nitrogen functional groups attached to an aromatic ring is 1. The van der Waals surface area contributed by atoms with Crippen LogP contribution in [-0.2, 0) is 10.0 Å². The van der Waals surface area contributed by atoms with Crippen molar-refractivity contribution in [1.82, 2.24) is 19.7 Å². The van der Waals surface area contributed by atoms with Gasteiger partial charge in [0.1, 0.15) is 11.6 Å². The van der Waals surface area contributed by atoms with E-state index in [4.69, 9.17) is 17.3 Å². The lowest BCUT2D eigenvalue weighted by molar-refractivity contribution is 0.0976. The molecule has 0 aromatic carbocycles. The Kier molecular flexibility index (Phi) is 5.20. The first-order valence-corrected chi connectivity index (χ1v) is 10.5. The summed E-state index contributed by atoms with van der Waals surface area (Å²) in [6.07, 6.45) is 2.41. The Morgan fingerprint density at radius 2 is 2.07 bits per heavy atom. The van der Waals surface area contributed by atoms with Crippen LogP contribution in [0.2, 0.25) is 5.15 Å². The highest BCUT2D eigenvalue weighted by Crippen LogP contribution is 2.35. The van der Waals surface area contributed by atoms with Crippen LogP contribution in [0.4, 0.5) is 11.6 Å². The fourth-order valence-corrected chi connectivity index (χ4v) is 4.58. The molecule has 150 valence electrons. The van der Waals surface area contributed by atoms with Crippen molar-refractivity contribution in [2.45, 2.75) is 37.8 Å². The number of hydrogen-bond acceptors (Lipinski definition) is 8. The smallest absolute Gasteiger partial charge is 0.286 e. The molecule has 3 N–H and O–H groups in total. The molecule has 0 spiro atoms. The number of aromatic nitrogens is 3. The van der Waals surface area contributed by atoms with Gasteiger partial charge in [-0.05, 0) is 38.3 Å². The minimum absolute atomic E-state index is 0.0138. The summed E-state index contributed by atoms with van der Waals surface area (Å²) >= 11 is 6.14. The molecule has 3 rings (SSSR count). The van der Waals surface area contributed by atoms with E-state index < -0.39 is 15.9 Å². The number of anilines is 2. The number of carbonyl (C=O) groups is 1. The van der Waals surface area contributed by atoms with E-state index in [2.05, 4.69) is 40.6 Å². The van der Waals surface area contributed by atoms with Crippen LogP contribution in [0.15, 0.2) is 29.4 Å². The van der Waals surface area contributed by atoms with Crippen molar-refractivity contribution >= 4 is 39.2 Å². The summed E-state index contributed by atoms with van der Waals surface area (Å²) in [5, 5.41) is -0.560. The van der Waals surface area contributed by atoms with Gasteiger partial charge in [0, 0.05) is 12.1 Å². The maximum atomic E-state index is 12.4. The number of carbonyl (C=O) groups excluding carboxylic acids is 1. The summed E-state index contributed by atoms with van der Waals surface area (Å²) in [5.41, 5.74) is 5.08. The first kappa shape index (κ1) is 20.3. The molecule has 1 amide bonds. The first-order valence-electron chi connectivity index (χ1n) is 8.59. The number of pyridine rings is 1. The van der Waals surface area contributed by atoms with E-state index in [-0.39, 0.29) is 27.2 Å². The number of rotatable bonds is 4.